The summed E-state index contributed by atoms with van der Waals surface area (Å²) in [5.41, 5.74) is 6.46. The van der Waals surface area contributed by atoms with Crippen LogP contribution in [0.4, 0.5) is 15.0 Å². The van der Waals surface area contributed by atoms with E-state index in [9.17, 15) is 4.79 Å². The Balaban J connectivity index is 1.63. The molecule has 2 aromatic heterocycles. The minimum atomic E-state index is -0.620. The number of alkyl carbamates (subject to hydrolysis) is 1. The number of nitrogen functional groups attached to an aromatic ring is 1. The summed E-state index contributed by atoms with van der Waals surface area (Å²) in [4.78, 5) is 20.5. The molecule has 0 aliphatic carbocycles. The van der Waals surface area contributed by atoms with Crippen LogP contribution in [0.1, 0.15) is 27.7 Å². The molecule has 4 rings (SSSR count). The molecule has 0 saturated heterocycles. The van der Waals surface area contributed by atoms with Crippen molar-refractivity contribution in [2.45, 2.75) is 45.9 Å². The fourth-order valence-corrected chi connectivity index (χ4v) is 3.54. The van der Waals surface area contributed by atoms with E-state index in [4.69, 9.17) is 15.2 Å². The quantitative estimate of drug-likeness (QED) is 0.404. The van der Waals surface area contributed by atoms with Crippen LogP contribution in [0.3, 0.4) is 0 Å². The molecule has 182 valence electrons. The zero-order valence-electron chi connectivity index (χ0n) is 19.9. The van der Waals surface area contributed by atoms with Crippen molar-refractivity contribution in [2.75, 3.05) is 5.73 Å². The van der Waals surface area contributed by atoms with Gasteiger partial charge < -0.3 is 20.5 Å². The third kappa shape index (κ3) is 5.65. The Morgan fingerprint density at radius 2 is 1.89 bits per heavy atom. The summed E-state index contributed by atoms with van der Waals surface area (Å²) in [5.74, 6) is 0.584. The molecule has 1 amide bonds. The molecular weight excluding hydrogens is 451 g/mol. The van der Waals surface area contributed by atoms with Crippen molar-refractivity contribution >= 4 is 22.9 Å². The number of aromatic nitrogens is 4. The van der Waals surface area contributed by atoms with Gasteiger partial charge in [0.2, 0.25) is 0 Å². The lowest BCUT2D eigenvalue weighted by molar-refractivity contribution is 0.0503. The minimum absolute atomic E-state index is 0.174. The van der Waals surface area contributed by atoms with E-state index in [0.29, 0.717) is 28.2 Å². The number of hydrogen-bond acceptors (Lipinski definition) is 7. The standard InChI is InChI=1S/C25H27FN6O3/c1-15(30-24(33)35-25(2,3)4)13-32-23-20(22(27)28-14-29-23)21(31-32)18-11-10-17(12-19(18)26)34-16-8-6-5-7-9-16/h5-12,14-15H,13H2,1-4H3,(H,30,33)(H2,27,28,29)/t15-/m1/s1. The highest BCUT2D eigenvalue weighted by atomic mass is 19.1. The number of carbonyl (C=O) groups excluding carboxylic acids is 1. The topological polar surface area (TPSA) is 117 Å². The van der Waals surface area contributed by atoms with Crippen LogP contribution < -0.4 is 15.8 Å². The van der Waals surface area contributed by atoms with Crippen LogP contribution >= 0.6 is 0 Å². The third-order valence-electron chi connectivity index (χ3n) is 4.94. The molecule has 0 saturated carbocycles. The van der Waals surface area contributed by atoms with E-state index in [2.05, 4.69) is 20.4 Å². The van der Waals surface area contributed by atoms with Gasteiger partial charge in [-0.3, -0.25) is 0 Å². The summed E-state index contributed by atoms with van der Waals surface area (Å²) in [6, 6.07) is 13.3. The molecule has 2 heterocycles. The number of ether oxygens (including phenoxy) is 2. The largest absolute Gasteiger partial charge is 0.457 e. The van der Waals surface area contributed by atoms with Gasteiger partial charge in [-0.2, -0.15) is 5.10 Å². The van der Waals surface area contributed by atoms with Crippen molar-refractivity contribution in [3.63, 3.8) is 0 Å². The van der Waals surface area contributed by atoms with Gasteiger partial charge in [-0.25, -0.2) is 23.8 Å². The number of nitrogens with one attached hydrogen (secondary N) is 1. The monoisotopic (exact) mass is 478 g/mol. The second kappa shape index (κ2) is 9.57. The fraction of sp³-hybridized carbons (Fsp3) is 0.280. The van der Waals surface area contributed by atoms with Crippen LogP contribution in [0, 0.1) is 5.82 Å². The number of fused-ring (bicyclic) bond motifs is 1. The van der Waals surface area contributed by atoms with Crippen molar-refractivity contribution < 1.29 is 18.7 Å². The first kappa shape index (κ1) is 23.9. The maximum Gasteiger partial charge on any atom is 0.407 e. The van der Waals surface area contributed by atoms with Crippen LogP contribution in [0.25, 0.3) is 22.3 Å². The van der Waals surface area contributed by atoms with Gasteiger partial charge >= 0.3 is 6.09 Å². The SMILES string of the molecule is C[C@H](Cn1nc(-c2ccc(Oc3ccccc3)cc2F)c2c(N)ncnc21)NC(=O)OC(C)(C)C. The van der Waals surface area contributed by atoms with Crippen LogP contribution in [0.2, 0.25) is 0 Å². The first-order valence-corrected chi connectivity index (χ1v) is 11.1. The van der Waals surface area contributed by atoms with Gasteiger partial charge in [0.05, 0.1) is 11.9 Å². The van der Waals surface area contributed by atoms with Gasteiger partial charge in [0, 0.05) is 17.7 Å². The lowest BCUT2D eigenvalue weighted by atomic mass is 10.1. The Kier molecular flexibility index (Phi) is 6.54. The molecule has 4 aromatic rings. The van der Waals surface area contributed by atoms with Gasteiger partial charge in [-0.05, 0) is 52.0 Å². The maximum atomic E-state index is 15.2. The number of hydrogen-bond donors (Lipinski definition) is 2. The van der Waals surface area contributed by atoms with Gasteiger partial charge in [0.1, 0.15) is 40.8 Å². The number of anilines is 1. The molecule has 1 atom stereocenters. The lowest BCUT2D eigenvalue weighted by Crippen LogP contribution is -2.39. The number of nitrogens with two attached hydrogens (primary N) is 1. The predicted molar refractivity (Wildman–Crippen MR) is 130 cm³/mol. The Morgan fingerprint density at radius 1 is 1.14 bits per heavy atom. The van der Waals surface area contributed by atoms with E-state index in [1.807, 2.05) is 18.2 Å². The van der Waals surface area contributed by atoms with E-state index >= 15 is 4.39 Å². The summed E-state index contributed by atoms with van der Waals surface area (Å²) in [5, 5.41) is 7.77. The van der Waals surface area contributed by atoms with Crippen molar-refractivity contribution in [3.8, 4) is 22.8 Å². The molecule has 0 bridgehead atoms. The van der Waals surface area contributed by atoms with Gasteiger partial charge in [-0.15, -0.1) is 0 Å². The number of para-hydroxylation sites is 1. The minimum Gasteiger partial charge on any atom is -0.457 e. The molecule has 0 radical (unpaired) electrons. The zero-order chi connectivity index (χ0) is 25.2. The molecule has 10 heteroatoms. The Hall–Kier alpha value is -4.21. The first-order chi connectivity index (χ1) is 16.6. The Bertz CT molecular complexity index is 1350. The number of carbonyl (C=O) groups is 1. The second-order valence-corrected chi connectivity index (χ2v) is 9.09. The normalized spacial score (nSPS) is 12.4. The first-order valence-electron chi connectivity index (χ1n) is 11.1. The van der Waals surface area contributed by atoms with E-state index < -0.39 is 17.5 Å². The maximum absolute atomic E-state index is 15.2. The number of benzene rings is 2. The van der Waals surface area contributed by atoms with Crippen LogP contribution in [0.15, 0.2) is 54.9 Å². The van der Waals surface area contributed by atoms with Gasteiger partial charge in [0.25, 0.3) is 0 Å². The van der Waals surface area contributed by atoms with Crippen molar-refractivity contribution in [1.29, 1.82) is 0 Å². The Labute approximate surface area is 202 Å². The predicted octanol–water partition coefficient (Wildman–Crippen LogP) is 4.92. The molecule has 0 spiro atoms. The number of halogens is 1. The molecule has 2 aromatic carbocycles. The van der Waals surface area contributed by atoms with Gasteiger partial charge in [0.15, 0.2) is 5.65 Å². The van der Waals surface area contributed by atoms with E-state index in [0.717, 1.165) is 0 Å². The third-order valence-corrected chi connectivity index (χ3v) is 4.94. The van der Waals surface area contributed by atoms with Crippen LogP contribution in [-0.4, -0.2) is 37.5 Å². The van der Waals surface area contributed by atoms with Gasteiger partial charge in [-0.1, -0.05) is 18.2 Å². The van der Waals surface area contributed by atoms with E-state index in [-0.39, 0.29) is 24.0 Å². The van der Waals surface area contributed by atoms with Crippen molar-refractivity contribution in [1.82, 2.24) is 25.1 Å². The fourth-order valence-electron chi connectivity index (χ4n) is 3.54. The van der Waals surface area contributed by atoms with Crippen molar-refractivity contribution in [3.05, 3.63) is 60.7 Å². The molecule has 9 nitrogen and oxygen atoms in total. The molecular formula is C25H27FN6O3. The summed E-state index contributed by atoms with van der Waals surface area (Å²) < 4.78 is 27.8. The summed E-state index contributed by atoms with van der Waals surface area (Å²) >= 11 is 0. The van der Waals surface area contributed by atoms with Crippen LogP contribution in [0.5, 0.6) is 11.5 Å². The highest BCUT2D eigenvalue weighted by Gasteiger charge is 2.22. The summed E-state index contributed by atoms with van der Waals surface area (Å²) in [6.45, 7) is 7.42. The lowest BCUT2D eigenvalue weighted by Gasteiger charge is -2.22. The highest BCUT2D eigenvalue weighted by molar-refractivity contribution is 5.98. The molecule has 35 heavy (non-hydrogen) atoms. The second-order valence-electron chi connectivity index (χ2n) is 9.09. The van der Waals surface area contributed by atoms with E-state index in [1.165, 1.54) is 12.4 Å². The van der Waals surface area contributed by atoms with Crippen LogP contribution in [-0.2, 0) is 11.3 Å². The average Bonchev–Trinajstić information content (AvgIpc) is 3.12. The molecule has 0 fully saturated rings. The number of nitrogens with zero attached hydrogens (tertiary/aromatic N) is 4. The summed E-state index contributed by atoms with van der Waals surface area (Å²) in [7, 11) is 0. The van der Waals surface area contributed by atoms with E-state index in [1.54, 1.807) is 56.6 Å². The average molecular weight is 479 g/mol. The van der Waals surface area contributed by atoms with Crippen molar-refractivity contribution in [2.24, 2.45) is 0 Å². The molecule has 0 aliphatic heterocycles. The highest BCUT2D eigenvalue weighted by Crippen LogP contribution is 2.34. The smallest absolute Gasteiger partial charge is 0.407 e. The number of rotatable bonds is 6. The molecule has 0 unspecified atom stereocenters. The molecule has 0 aliphatic rings. The Morgan fingerprint density at radius 3 is 2.57 bits per heavy atom. The number of amides is 1. The zero-order valence-corrected chi connectivity index (χ0v) is 19.9. The summed E-state index contributed by atoms with van der Waals surface area (Å²) in [6.07, 6.45) is 0.773. The molecule has 3 N–H and O–H groups in total.